The van der Waals surface area contributed by atoms with E-state index in [0.717, 1.165) is 25.3 Å². The lowest BCUT2D eigenvalue weighted by molar-refractivity contribution is -0.192. The minimum Gasteiger partial charge on any atom is -0.475 e. The lowest BCUT2D eigenvalue weighted by Gasteiger charge is -2.32. The molecule has 1 amide bonds. The number of amides is 1. The van der Waals surface area contributed by atoms with Crippen LogP contribution in [0.2, 0.25) is 0 Å². The van der Waals surface area contributed by atoms with Crippen LogP contribution in [0.5, 0.6) is 0 Å². The summed E-state index contributed by atoms with van der Waals surface area (Å²) in [5, 5.41) is 14.5. The van der Waals surface area contributed by atoms with Crippen LogP contribution in [0.1, 0.15) is 17.3 Å². The molecule has 2 heterocycles. The van der Waals surface area contributed by atoms with Crippen LogP contribution in [0.25, 0.3) is 5.69 Å². The standard InChI is InChI=1S/C14H17N5O.C2HF3O2/c1-11-8-18(6-5-16-11)14(20)12-3-2-4-13(7-12)19-10-15-9-17-19;3-2(4,5)1(6)7/h2-4,7,9-11,16H,5-6,8H2,1H3;(H,6,7)/t11-;/m1./s1. The Balaban J connectivity index is 0.000000321. The van der Waals surface area contributed by atoms with Crippen LogP contribution in [0.3, 0.4) is 0 Å². The van der Waals surface area contributed by atoms with Crippen molar-refractivity contribution in [3.05, 3.63) is 42.5 Å². The van der Waals surface area contributed by atoms with Crippen LogP contribution in [-0.2, 0) is 4.79 Å². The van der Waals surface area contributed by atoms with Crippen molar-refractivity contribution in [2.45, 2.75) is 19.1 Å². The summed E-state index contributed by atoms with van der Waals surface area (Å²) in [6.45, 7) is 4.42. The molecule has 1 saturated heterocycles. The molecule has 8 nitrogen and oxygen atoms in total. The van der Waals surface area contributed by atoms with Gasteiger partial charge in [0.05, 0.1) is 5.69 Å². The quantitative estimate of drug-likeness (QED) is 0.809. The van der Waals surface area contributed by atoms with Crippen molar-refractivity contribution < 1.29 is 27.9 Å². The van der Waals surface area contributed by atoms with Crippen LogP contribution in [0.4, 0.5) is 13.2 Å². The largest absolute Gasteiger partial charge is 0.490 e. The van der Waals surface area contributed by atoms with Crippen molar-refractivity contribution in [2.24, 2.45) is 0 Å². The first-order chi connectivity index (χ1) is 12.7. The van der Waals surface area contributed by atoms with Gasteiger partial charge >= 0.3 is 12.1 Å². The molecule has 1 aliphatic heterocycles. The number of piperazine rings is 1. The second-order valence-corrected chi connectivity index (χ2v) is 5.80. The summed E-state index contributed by atoms with van der Waals surface area (Å²) in [4.78, 5) is 27.2. The maximum atomic E-state index is 12.5. The molecule has 0 radical (unpaired) electrons. The average molecular weight is 385 g/mol. The summed E-state index contributed by atoms with van der Waals surface area (Å²) in [5.41, 5.74) is 1.53. The van der Waals surface area contributed by atoms with Crippen LogP contribution in [0.15, 0.2) is 36.9 Å². The topological polar surface area (TPSA) is 100 Å². The highest BCUT2D eigenvalue weighted by Crippen LogP contribution is 2.13. The van der Waals surface area contributed by atoms with Gasteiger partial charge < -0.3 is 15.3 Å². The van der Waals surface area contributed by atoms with Crippen LogP contribution in [0, 0.1) is 0 Å². The lowest BCUT2D eigenvalue weighted by Crippen LogP contribution is -2.51. The van der Waals surface area contributed by atoms with E-state index in [2.05, 4.69) is 22.3 Å². The van der Waals surface area contributed by atoms with Crippen molar-refractivity contribution in [2.75, 3.05) is 19.6 Å². The molecule has 0 saturated carbocycles. The second-order valence-electron chi connectivity index (χ2n) is 5.80. The minimum absolute atomic E-state index is 0.0697. The smallest absolute Gasteiger partial charge is 0.475 e. The number of nitrogens with one attached hydrogen (secondary N) is 1. The molecule has 27 heavy (non-hydrogen) atoms. The molecule has 0 aliphatic carbocycles. The molecule has 1 aliphatic rings. The highest BCUT2D eigenvalue weighted by molar-refractivity contribution is 5.94. The van der Waals surface area contributed by atoms with E-state index in [9.17, 15) is 18.0 Å². The van der Waals surface area contributed by atoms with Gasteiger partial charge in [0.15, 0.2) is 0 Å². The summed E-state index contributed by atoms with van der Waals surface area (Å²) >= 11 is 0. The van der Waals surface area contributed by atoms with Gasteiger partial charge in [-0.25, -0.2) is 14.5 Å². The number of benzene rings is 1. The third-order valence-corrected chi connectivity index (χ3v) is 3.67. The Morgan fingerprint density at radius 3 is 2.59 bits per heavy atom. The minimum atomic E-state index is -5.08. The fourth-order valence-electron chi connectivity index (χ4n) is 2.42. The SMILES string of the molecule is C[C@@H]1CN(C(=O)c2cccc(-n3cncn3)c2)CCN1.O=C(O)C(F)(F)F. The Morgan fingerprint density at radius 2 is 2.04 bits per heavy atom. The number of aromatic nitrogens is 3. The van der Waals surface area contributed by atoms with Gasteiger partial charge in [-0.1, -0.05) is 6.07 Å². The van der Waals surface area contributed by atoms with E-state index in [-0.39, 0.29) is 5.91 Å². The molecule has 0 bridgehead atoms. The molecule has 0 spiro atoms. The highest BCUT2D eigenvalue weighted by atomic mass is 19.4. The second kappa shape index (κ2) is 8.62. The summed E-state index contributed by atoms with van der Waals surface area (Å²) in [5.74, 6) is -2.69. The molecule has 11 heteroatoms. The molecule has 1 aromatic carbocycles. The van der Waals surface area contributed by atoms with Gasteiger partial charge in [0, 0.05) is 31.2 Å². The number of carbonyl (C=O) groups excluding carboxylic acids is 1. The molecule has 1 aromatic heterocycles. The first-order valence-electron chi connectivity index (χ1n) is 7.96. The molecule has 2 aromatic rings. The number of alkyl halides is 3. The molecule has 2 N–H and O–H groups in total. The summed E-state index contributed by atoms with van der Waals surface area (Å²) in [6, 6.07) is 7.81. The van der Waals surface area contributed by atoms with Crippen LogP contribution in [-0.4, -0.2) is 68.5 Å². The summed E-state index contributed by atoms with van der Waals surface area (Å²) < 4.78 is 33.4. The van der Waals surface area contributed by atoms with E-state index >= 15 is 0 Å². The predicted molar refractivity (Wildman–Crippen MR) is 88.4 cm³/mol. The van der Waals surface area contributed by atoms with Crippen molar-refractivity contribution in [3.63, 3.8) is 0 Å². The molecule has 1 atom stereocenters. The van der Waals surface area contributed by atoms with Crippen LogP contribution < -0.4 is 5.32 Å². The Kier molecular flexibility index (Phi) is 6.50. The van der Waals surface area contributed by atoms with E-state index in [1.165, 1.54) is 6.33 Å². The van der Waals surface area contributed by atoms with E-state index in [4.69, 9.17) is 9.90 Å². The molecule has 146 valence electrons. The van der Waals surface area contributed by atoms with Gasteiger partial charge in [-0.3, -0.25) is 4.79 Å². The van der Waals surface area contributed by atoms with Crippen molar-refractivity contribution in [1.82, 2.24) is 25.0 Å². The van der Waals surface area contributed by atoms with E-state index < -0.39 is 12.1 Å². The number of halogens is 3. The third-order valence-electron chi connectivity index (χ3n) is 3.67. The fourth-order valence-corrected chi connectivity index (χ4v) is 2.42. The van der Waals surface area contributed by atoms with Gasteiger partial charge in [-0.05, 0) is 25.1 Å². The average Bonchev–Trinajstić information content (AvgIpc) is 3.15. The number of nitrogens with zero attached hydrogens (tertiary/aromatic N) is 4. The molecule has 0 unspecified atom stereocenters. The maximum Gasteiger partial charge on any atom is 0.490 e. The Morgan fingerprint density at radius 1 is 1.33 bits per heavy atom. The fraction of sp³-hybridized carbons (Fsp3) is 0.375. The molecular weight excluding hydrogens is 367 g/mol. The number of aliphatic carboxylic acids is 1. The number of hydrogen-bond donors (Lipinski definition) is 2. The van der Waals surface area contributed by atoms with Gasteiger partial charge in [0.1, 0.15) is 12.7 Å². The van der Waals surface area contributed by atoms with Gasteiger partial charge in [0.2, 0.25) is 0 Å². The number of carboxylic acids is 1. The zero-order valence-electron chi connectivity index (χ0n) is 14.3. The van der Waals surface area contributed by atoms with E-state index in [1.807, 2.05) is 29.2 Å². The number of carboxylic acid groups (broad SMARTS) is 1. The summed E-state index contributed by atoms with van der Waals surface area (Å²) in [6.07, 6.45) is -1.98. The molecule has 1 fully saturated rings. The van der Waals surface area contributed by atoms with Crippen molar-refractivity contribution in [1.29, 1.82) is 0 Å². The number of carbonyl (C=O) groups is 2. The first kappa shape index (κ1) is 20.4. The van der Waals surface area contributed by atoms with Gasteiger partial charge in [-0.15, -0.1) is 0 Å². The Hall–Kier alpha value is -2.95. The zero-order chi connectivity index (χ0) is 20.0. The van der Waals surface area contributed by atoms with E-state index in [0.29, 0.717) is 11.6 Å². The first-order valence-corrected chi connectivity index (χ1v) is 7.96. The number of rotatable bonds is 2. The van der Waals surface area contributed by atoms with Crippen LogP contribution >= 0.6 is 0 Å². The lowest BCUT2D eigenvalue weighted by atomic mass is 10.1. The van der Waals surface area contributed by atoms with Crippen molar-refractivity contribution >= 4 is 11.9 Å². The monoisotopic (exact) mass is 385 g/mol. The molecular formula is C16H18F3N5O3. The predicted octanol–water partition coefficient (Wildman–Crippen LogP) is 1.33. The van der Waals surface area contributed by atoms with Gasteiger partial charge in [-0.2, -0.15) is 18.3 Å². The Bertz CT molecular complexity index is 780. The maximum absolute atomic E-state index is 12.5. The van der Waals surface area contributed by atoms with E-state index in [1.54, 1.807) is 11.0 Å². The highest BCUT2D eigenvalue weighted by Gasteiger charge is 2.38. The zero-order valence-corrected chi connectivity index (χ0v) is 14.3. The van der Waals surface area contributed by atoms with Crippen molar-refractivity contribution in [3.8, 4) is 5.69 Å². The third kappa shape index (κ3) is 5.78. The summed E-state index contributed by atoms with van der Waals surface area (Å²) in [7, 11) is 0. The normalized spacial score (nSPS) is 17.0. The van der Waals surface area contributed by atoms with Gasteiger partial charge in [0.25, 0.3) is 5.91 Å². The molecule has 3 rings (SSSR count). The Labute approximate surface area is 152 Å². The number of hydrogen-bond acceptors (Lipinski definition) is 5.